The molecule has 0 radical (unpaired) electrons. The van der Waals surface area contributed by atoms with Gasteiger partial charge in [-0.1, -0.05) is 55.3 Å². The van der Waals surface area contributed by atoms with Crippen molar-refractivity contribution in [3.05, 3.63) is 59.1 Å². The maximum atomic E-state index is 12.1. The van der Waals surface area contributed by atoms with E-state index in [4.69, 9.17) is 16.3 Å². The molecule has 0 aliphatic carbocycles. The molecule has 5 heteroatoms. The molecule has 110 valence electrons. The molecule has 0 saturated heterocycles. The van der Waals surface area contributed by atoms with Gasteiger partial charge in [0.1, 0.15) is 11.3 Å². The molecule has 1 atom stereocenters. The van der Waals surface area contributed by atoms with Gasteiger partial charge >= 0.3 is 5.97 Å². The lowest BCUT2D eigenvalue weighted by Crippen LogP contribution is -2.13. The van der Waals surface area contributed by atoms with E-state index in [2.05, 4.69) is 16.9 Å². The SMILES string of the molecule is CCCC[C@@H](OC(=O)c1cnc(Cl)cn1)c1ccccc1. The third kappa shape index (κ3) is 4.53. The molecule has 0 aliphatic heterocycles. The second-order valence-corrected chi connectivity index (χ2v) is 5.06. The van der Waals surface area contributed by atoms with Crippen molar-refractivity contribution < 1.29 is 9.53 Å². The highest BCUT2D eigenvalue weighted by atomic mass is 35.5. The highest BCUT2D eigenvalue weighted by Gasteiger charge is 2.18. The molecular weight excluding hydrogens is 288 g/mol. The maximum absolute atomic E-state index is 12.1. The standard InChI is InChI=1S/C16H17ClN2O2/c1-2-3-9-14(12-7-5-4-6-8-12)21-16(20)13-10-19-15(17)11-18-13/h4-8,10-11,14H,2-3,9H2,1H3/t14-/m1/s1. The third-order valence-electron chi connectivity index (χ3n) is 3.07. The lowest BCUT2D eigenvalue weighted by atomic mass is 10.0. The van der Waals surface area contributed by atoms with Gasteiger partial charge in [0.05, 0.1) is 12.4 Å². The van der Waals surface area contributed by atoms with Gasteiger partial charge in [-0.05, 0) is 18.4 Å². The minimum Gasteiger partial charge on any atom is -0.453 e. The van der Waals surface area contributed by atoms with Crippen LogP contribution in [0.4, 0.5) is 0 Å². The molecule has 2 rings (SSSR count). The second kappa shape index (κ2) is 7.74. The van der Waals surface area contributed by atoms with Crippen LogP contribution in [0.3, 0.4) is 0 Å². The van der Waals surface area contributed by atoms with Crippen LogP contribution in [0.5, 0.6) is 0 Å². The van der Waals surface area contributed by atoms with E-state index in [9.17, 15) is 4.79 Å². The smallest absolute Gasteiger partial charge is 0.359 e. The third-order valence-corrected chi connectivity index (χ3v) is 3.27. The van der Waals surface area contributed by atoms with E-state index in [1.165, 1.54) is 12.4 Å². The average Bonchev–Trinajstić information content (AvgIpc) is 2.52. The van der Waals surface area contributed by atoms with E-state index in [1.807, 2.05) is 30.3 Å². The van der Waals surface area contributed by atoms with E-state index in [0.29, 0.717) is 0 Å². The Morgan fingerprint density at radius 2 is 2.00 bits per heavy atom. The quantitative estimate of drug-likeness (QED) is 0.750. The first-order valence-electron chi connectivity index (χ1n) is 6.94. The normalized spacial score (nSPS) is 11.9. The highest BCUT2D eigenvalue weighted by Crippen LogP contribution is 2.24. The van der Waals surface area contributed by atoms with Crippen molar-refractivity contribution >= 4 is 17.6 Å². The molecule has 0 fully saturated rings. The summed E-state index contributed by atoms with van der Waals surface area (Å²) >= 11 is 5.66. The largest absolute Gasteiger partial charge is 0.453 e. The number of hydrogen-bond donors (Lipinski definition) is 0. The van der Waals surface area contributed by atoms with Crippen molar-refractivity contribution in [3.63, 3.8) is 0 Å². The summed E-state index contributed by atoms with van der Waals surface area (Å²) in [5.41, 5.74) is 1.15. The number of halogens is 1. The Kier molecular flexibility index (Phi) is 5.69. The summed E-state index contributed by atoms with van der Waals surface area (Å²) < 4.78 is 5.58. The molecule has 0 saturated carbocycles. The number of hydrogen-bond acceptors (Lipinski definition) is 4. The summed E-state index contributed by atoms with van der Waals surface area (Å²) in [7, 11) is 0. The van der Waals surface area contributed by atoms with Gasteiger partial charge in [0, 0.05) is 0 Å². The molecule has 4 nitrogen and oxygen atoms in total. The molecule has 1 aromatic carbocycles. The van der Waals surface area contributed by atoms with Crippen molar-refractivity contribution in [1.82, 2.24) is 9.97 Å². The van der Waals surface area contributed by atoms with Crippen LogP contribution in [0.1, 0.15) is 48.3 Å². The fourth-order valence-electron chi connectivity index (χ4n) is 1.96. The zero-order chi connectivity index (χ0) is 15.1. The van der Waals surface area contributed by atoms with Crippen LogP contribution in [0.15, 0.2) is 42.7 Å². The van der Waals surface area contributed by atoms with Crippen LogP contribution in [0.25, 0.3) is 0 Å². The molecule has 1 heterocycles. The molecule has 0 aliphatic rings. The Balaban J connectivity index is 2.11. The van der Waals surface area contributed by atoms with Crippen molar-refractivity contribution in [1.29, 1.82) is 0 Å². The van der Waals surface area contributed by atoms with E-state index >= 15 is 0 Å². The Morgan fingerprint density at radius 1 is 1.24 bits per heavy atom. The van der Waals surface area contributed by atoms with Gasteiger partial charge in [0.25, 0.3) is 0 Å². The van der Waals surface area contributed by atoms with Crippen molar-refractivity contribution in [3.8, 4) is 0 Å². The molecule has 0 N–H and O–H groups in total. The fraction of sp³-hybridized carbons (Fsp3) is 0.312. The Bertz CT molecular complexity index is 573. The van der Waals surface area contributed by atoms with E-state index in [0.717, 1.165) is 24.8 Å². The molecule has 0 spiro atoms. The second-order valence-electron chi connectivity index (χ2n) is 4.67. The van der Waals surface area contributed by atoms with Gasteiger partial charge in [-0.3, -0.25) is 0 Å². The monoisotopic (exact) mass is 304 g/mol. The Morgan fingerprint density at radius 3 is 2.62 bits per heavy atom. The number of carbonyl (C=O) groups excluding carboxylic acids is 1. The predicted molar refractivity (Wildman–Crippen MR) is 81.2 cm³/mol. The fourth-order valence-corrected chi connectivity index (χ4v) is 2.06. The van der Waals surface area contributed by atoms with Gasteiger partial charge in [-0.15, -0.1) is 0 Å². The molecule has 0 bridgehead atoms. The zero-order valence-electron chi connectivity index (χ0n) is 11.8. The van der Waals surface area contributed by atoms with Crippen LogP contribution in [0.2, 0.25) is 5.15 Å². The Hall–Kier alpha value is -1.94. The van der Waals surface area contributed by atoms with Crippen molar-refractivity contribution in [2.24, 2.45) is 0 Å². The van der Waals surface area contributed by atoms with Crippen LogP contribution in [0, 0.1) is 0 Å². The van der Waals surface area contributed by atoms with E-state index in [-0.39, 0.29) is 17.0 Å². The molecule has 21 heavy (non-hydrogen) atoms. The molecule has 0 amide bonds. The predicted octanol–water partition coefficient (Wildman–Crippen LogP) is 4.22. The van der Waals surface area contributed by atoms with Crippen LogP contribution >= 0.6 is 11.6 Å². The summed E-state index contributed by atoms with van der Waals surface area (Å²) in [6, 6.07) is 9.73. The van der Waals surface area contributed by atoms with Crippen molar-refractivity contribution in [2.45, 2.75) is 32.3 Å². The highest BCUT2D eigenvalue weighted by molar-refractivity contribution is 6.29. The summed E-state index contributed by atoms with van der Waals surface area (Å²) in [4.78, 5) is 19.9. The average molecular weight is 305 g/mol. The van der Waals surface area contributed by atoms with Crippen LogP contribution in [-0.2, 0) is 4.74 Å². The van der Waals surface area contributed by atoms with E-state index < -0.39 is 5.97 Å². The zero-order valence-corrected chi connectivity index (χ0v) is 12.6. The Labute approximate surface area is 129 Å². The first-order chi connectivity index (χ1) is 10.2. The van der Waals surface area contributed by atoms with Crippen LogP contribution in [-0.4, -0.2) is 15.9 Å². The number of rotatable bonds is 6. The van der Waals surface area contributed by atoms with Crippen molar-refractivity contribution in [2.75, 3.05) is 0 Å². The van der Waals surface area contributed by atoms with Gasteiger partial charge < -0.3 is 4.74 Å². The van der Waals surface area contributed by atoms with Gasteiger partial charge in [-0.2, -0.15) is 0 Å². The first-order valence-corrected chi connectivity index (χ1v) is 7.32. The number of ether oxygens (including phenoxy) is 1. The minimum absolute atomic E-state index is 0.164. The molecule has 2 aromatic rings. The lowest BCUT2D eigenvalue weighted by molar-refractivity contribution is 0.0264. The van der Waals surface area contributed by atoms with Gasteiger partial charge in [0.2, 0.25) is 0 Å². The topological polar surface area (TPSA) is 52.1 Å². The molecular formula is C16H17ClN2O2. The molecule has 0 unspecified atom stereocenters. The number of benzene rings is 1. The minimum atomic E-state index is -0.482. The number of aromatic nitrogens is 2. The number of carbonyl (C=O) groups is 1. The maximum Gasteiger partial charge on any atom is 0.359 e. The van der Waals surface area contributed by atoms with Gasteiger partial charge in [-0.25, -0.2) is 14.8 Å². The number of unbranched alkanes of at least 4 members (excludes halogenated alkanes) is 1. The first kappa shape index (κ1) is 15.4. The summed E-state index contributed by atoms with van der Waals surface area (Å²) in [5, 5.41) is 0.247. The van der Waals surface area contributed by atoms with Gasteiger partial charge in [0.15, 0.2) is 5.69 Å². The number of nitrogens with zero attached hydrogens (tertiary/aromatic N) is 2. The summed E-state index contributed by atoms with van der Waals surface area (Å²) in [6.45, 7) is 2.11. The van der Waals surface area contributed by atoms with Crippen LogP contribution < -0.4 is 0 Å². The van der Waals surface area contributed by atoms with E-state index in [1.54, 1.807) is 0 Å². The number of esters is 1. The summed E-state index contributed by atoms with van der Waals surface area (Å²) in [5.74, 6) is -0.482. The summed E-state index contributed by atoms with van der Waals surface area (Å²) in [6.07, 6.45) is 5.21. The molecule has 1 aromatic heterocycles. The lowest BCUT2D eigenvalue weighted by Gasteiger charge is -2.17.